The van der Waals surface area contributed by atoms with Gasteiger partial charge in [-0.3, -0.25) is 4.79 Å². The molecule has 6 rings (SSSR count). The molecule has 3 fully saturated rings. The third-order valence-electron chi connectivity index (χ3n) is 6.14. The van der Waals surface area contributed by atoms with Gasteiger partial charge in [-0.1, -0.05) is 18.2 Å². The summed E-state index contributed by atoms with van der Waals surface area (Å²) in [6.45, 7) is 3.28. The van der Waals surface area contributed by atoms with Gasteiger partial charge in [0.05, 0.1) is 7.11 Å². The van der Waals surface area contributed by atoms with Crippen LogP contribution in [-0.2, 0) is 0 Å². The minimum atomic E-state index is -0.110. The molecule has 1 N–H and O–H groups in total. The Bertz CT molecular complexity index is 1000. The molecule has 0 aliphatic carbocycles. The Morgan fingerprint density at radius 3 is 2.50 bits per heavy atom. The molecule has 0 radical (unpaired) electrons. The number of ether oxygens (including phenoxy) is 1. The fourth-order valence-electron chi connectivity index (χ4n) is 4.49. The van der Waals surface area contributed by atoms with Crippen molar-refractivity contribution < 1.29 is 13.9 Å². The minimum absolute atomic E-state index is 0.110. The number of benzene rings is 2. The molecule has 28 heavy (non-hydrogen) atoms. The Labute approximate surface area is 164 Å². The average molecular weight is 376 g/mol. The number of fused-ring (bicyclic) bond motifs is 4. The van der Waals surface area contributed by atoms with Crippen LogP contribution in [0, 0.1) is 5.92 Å². The lowest BCUT2D eigenvalue weighted by Crippen LogP contribution is -2.57. The first kappa shape index (κ1) is 17.3. The number of furan rings is 1. The van der Waals surface area contributed by atoms with Crippen LogP contribution in [0.5, 0.6) is 5.75 Å². The smallest absolute Gasteiger partial charge is 0.287 e. The molecule has 3 aliphatic heterocycles. The second kappa shape index (κ2) is 6.99. The first-order valence-corrected chi connectivity index (χ1v) is 9.91. The third kappa shape index (κ3) is 3.16. The van der Waals surface area contributed by atoms with E-state index in [2.05, 4.69) is 16.3 Å². The van der Waals surface area contributed by atoms with E-state index in [1.807, 2.05) is 42.5 Å². The van der Waals surface area contributed by atoms with Gasteiger partial charge in [-0.05, 0) is 73.3 Å². The van der Waals surface area contributed by atoms with E-state index < -0.39 is 0 Å². The van der Waals surface area contributed by atoms with Gasteiger partial charge < -0.3 is 19.4 Å². The number of amides is 1. The molecule has 144 valence electrons. The number of carbonyl (C=O) groups is 1. The van der Waals surface area contributed by atoms with Crippen LogP contribution in [0.2, 0.25) is 0 Å². The lowest BCUT2D eigenvalue weighted by atomic mass is 9.84. The quantitative estimate of drug-likeness (QED) is 0.750. The van der Waals surface area contributed by atoms with Crippen molar-refractivity contribution in [3.05, 3.63) is 54.3 Å². The summed E-state index contributed by atoms with van der Waals surface area (Å²) in [5.41, 5.74) is 2.92. The Morgan fingerprint density at radius 2 is 1.82 bits per heavy atom. The standard InChI is InChI=1S/C23H24N2O3/c1-27-19-5-2-15(3-6-19)17-4-7-21-18(12-17)13-22(28-21)23(26)24-20-14-25-10-8-16(20)9-11-25/h2-7,12-13,16,20H,8-11,14H2,1H3,(H,24,26)/t20-/m0/s1. The van der Waals surface area contributed by atoms with Crippen LogP contribution in [0.1, 0.15) is 23.4 Å². The second-order valence-electron chi connectivity index (χ2n) is 7.81. The van der Waals surface area contributed by atoms with E-state index in [-0.39, 0.29) is 11.9 Å². The lowest BCUT2D eigenvalue weighted by molar-refractivity contribution is 0.0607. The molecule has 3 aliphatic rings. The van der Waals surface area contributed by atoms with E-state index >= 15 is 0 Å². The molecule has 2 aromatic carbocycles. The van der Waals surface area contributed by atoms with Crippen molar-refractivity contribution >= 4 is 16.9 Å². The number of methoxy groups -OCH3 is 1. The van der Waals surface area contributed by atoms with Crippen molar-refractivity contribution in [1.82, 2.24) is 10.2 Å². The van der Waals surface area contributed by atoms with Gasteiger partial charge in [0.15, 0.2) is 5.76 Å². The number of rotatable bonds is 4. The normalized spacial score (nSPS) is 23.7. The highest BCUT2D eigenvalue weighted by Gasteiger charge is 2.35. The summed E-state index contributed by atoms with van der Waals surface area (Å²) in [4.78, 5) is 15.2. The summed E-state index contributed by atoms with van der Waals surface area (Å²) in [5.74, 6) is 1.71. The van der Waals surface area contributed by atoms with Gasteiger partial charge in [0, 0.05) is 18.0 Å². The predicted molar refractivity (Wildman–Crippen MR) is 109 cm³/mol. The maximum Gasteiger partial charge on any atom is 0.287 e. The monoisotopic (exact) mass is 376 g/mol. The van der Waals surface area contributed by atoms with Gasteiger partial charge in [-0.25, -0.2) is 0 Å². The molecule has 0 unspecified atom stereocenters. The largest absolute Gasteiger partial charge is 0.497 e. The molecular formula is C23H24N2O3. The van der Waals surface area contributed by atoms with E-state index in [0.29, 0.717) is 11.7 Å². The SMILES string of the molecule is COc1ccc(-c2ccc3oc(C(=O)N[C@H]4CN5CCC4CC5)cc3c2)cc1. The number of nitrogens with zero attached hydrogens (tertiary/aromatic N) is 1. The van der Waals surface area contributed by atoms with Crippen molar-refractivity contribution in [3.63, 3.8) is 0 Å². The molecule has 5 nitrogen and oxygen atoms in total. The molecule has 1 atom stereocenters. The fourth-order valence-corrected chi connectivity index (χ4v) is 4.49. The van der Waals surface area contributed by atoms with E-state index in [9.17, 15) is 4.79 Å². The maximum absolute atomic E-state index is 12.7. The molecule has 4 heterocycles. The minimum Gasteiger partial charge on any atom is -0.497 e. The van der Waals surface area contributed by atoms with Crippen LogP contribution in [-0.4, -0.2) is 43.6 Å². The summed E-state index contributed by atoms with van der Waals surface area (Å²) in [6, 6.07) is 16.0. The van der Waals surface area contributed by atoms with E-state index in [1.54, 1.807) is 7.11 Å². The molecule has 5 heteroatoms. The highest BCUT2D eigenvalue weighted by molar-refractivity contribution is 5.97. The molecular weight excluding hydrogens is 352 g/mol. The van der Waals surface area contributed by atoms with Crippen LogP contribution in [0.3, 0.4) is 0 Å². The van der Waals surface area contributed by atoms with Crippen molar-refractivity contribution in [3.8, 4) is 16.9 Å². The summed E-state index contributed by atoms with van der Waals surface area (Å²) in [5, 5.41) is 4.14. The molecule has 1 aromatic heterocycles. The summed E-state index contributed by atoms with van der Waals surface area (Å²) >= 11 is 0. The average Bonchev–Trinajstić information content (AvgIpc) is 3.18. The van der Waals surface area contributed by atoms with Crippen molar-refractivity contribution in [2.24, 2.45) is 5.92 Å². The highest BCUT2D eigenvalue weighted by atomic mass is 16.5. The van der Waals surface area contributed by atoms with Crippen LogP contribution in [0.25, 0.3) is 22.1 Å². The van der Waals surface area contributed by atoms with Crippen LogP contribution < -0.4 is 10.1 Å². The zero-order chi connectivity index (χ0) is 19.1. The highest BCUT2D eigenvalue weighted by Crippen LogP contribution is 2.30. The number of hydrogen-bond donors (Lipinski definition) is 1. The Balaban J connectivity index is 1.36. The Hall–Kier alpha value is -2.79. The van der Waals surface area contributed by atoms with Crippen molar-refractivity contribution in [2.75, 3.05) is 26.7 Å². The van der Waals surface area contributed by atoms with E-state index in [4.69, 9.17) is 9.15 Å². The third-order valence-corrected chi connectivity index (χ3v) is 6.14. The molecule has 1 amide bonds. The molecule has 0 spiro atoms. The van der Waals surface area contributed by atoms with E-state index in [1.165, 1.54) is 12.8 Å². The Kier molecular flexibility index (Phi) is 4.32. The number of nitrogens with one attached hydrogen (secondary N) is 1. The van der Waals surface area contributed by atoms with Crippen molar-refractivity contribution in [1.29, 1.82) is 0 Å². The lowest BCUT2D eigenvalue weighted by Gasteiger charge is -2.44. The van der Waals surface area contributed by atoms with Crippen molar-refractivity contribution in [2.45, 2.75) is 18.9 Å². The van der Waals surface area contributed by atoms with E-state index in [0.717, 1.165) is 47.5 Å². The van der Waals surface area contributed by atoms with Crippen LogP contribution in [0.4, 0.5) is 0 Å². The molecule has 3 saturated heterocycles. The first-order valence-electron chi connectivity index (χ1n) is 9.91. The molecule has 0 saturated carbocycles. The zero-order valence-corrected chi connectivity index (χ0v) is 16.0. The zero-order valence-electron chi connectivity index (χ0n) is 16.0. The van der Waals surface area contributed by atoms with Gasteiger partial charge in [0.25, 0.3) is 5.91 Å². The topological polar surface area (TPSA) is 54.7 Å². The number of piperidine rings is 3. The van der Waals surface area contributed by atoms with Gasteiger partial charge in [-0.15, -0.1) is 0 Å². The predicted octanol–water partition coefficient (Wildman–Crippen LogP) is 3.93. The van der Waals surface area contributed by atoms with Crippen LogP contribution in [0.15, 0.2) is 52.9 Å². The fraction of sp³-hybridized carbons (Fsp3) is 0.348. The van der Waals surface area contributed by atoms with Gasteiger partial charge in [0.1, 0.15) is 11.3 Å². The number of hydrogen-bond acceptors (Lipinski definition) is 4. The second-order valence-corrected chi connectivity index (χ2v) is 7.81. The summed E-state index contributed by atoms with van der Waals surface area (Å²) in [7, 11) is 1.66. The van der Waals surface area contributed by atoms with Gasteiger partial charge in [0.2, 0.25) is 0 Å². The first-order chi connectivity index (χ1) is 13.7. The molecule has 3 aromatic rings. The molecule has 2 bridgehead atoms. The Morgan fingerprint density at radius 1 is 1.07 bits per heavy atom. The van der Waals surface area contributed by atoms with Gasteiger partial charge in [-0.2, -0.15) is 0 Å². The summed E-state index contributed by atoms with van der Waals surface area (Å²) in [6.07, 6.45) is 2.35. The summed E-state index contributed by atoms with van der Waals surface area (Å²) < 4.78 is 11.1. The number of carbonyl (C=O) groups excluding carboxylic acids is 1. The maximum atomic E-state index is 12.7. The van der Waals surface area contributed by atoms with Crippen LogP contribution >= 0.6 is 0 Å². The van der Waals surface area contributed by atoms with Gasteiger partial charge >= 0.3 is 0 Å².